The Kier molecular flexibility index (Phi) is 16.6. The van der Waals surface area contributed by atoms with Crippen molar-refractivity contribution in [2.75, 3.05) is 6.61 Å². The second kappa shape index (κ2) is 20.3. The molecular formula is C42H60O3Si. The third-order valence-electron chi connectivity index (χ3n) is 9.03. The summed E-state index contributed by atoms with van der Waals surface area (Å²) < 4.78 is 12.7. The summed E-state index contributed by atoms with van der Waals surface area (Å²) in [4.78, 5) is 11.7. The van der Waals surface area contributed by atoms with E-state index < -0.39 is 8.32 Å². The lowest BCUT2D eigenvalue weighted by Gasteiger charge is -2.43. The van der Waals surface area contributed by atoms with Crippen molar-refractivity contribution >= 4 is 24.7 Å². The molecule has 3 nitrogen and oxygen atoms in total. The van der Waals surface area contributed by atoms with Crippen molar-refractivity contribution in [2.24, 2.45) is 0 Å². The number of benzene rings is 3. The topological polar surface area (TPSA) is 35.5 Å². The molecule has 0 spiro atoms. The lowest BCUT2D eigenvalue weighted by Crippen LogP contribution is -2.66. The molecule has 0 aliphatic heterocycles. The van der Waals surface area contributed by atoms with E-state index >= 15 is 0 Å². The number of carbonyl (C=O) groups is 1. The van der Waals surface area contributed by atoms with Crippen LogP contribution in [0.15, 0.2) is 97.1 Å². The van der Waals surface area contributed by atoms with Crippen LogP contribution >= 0.6 is 0 Å². The molecule has 0 heterocycles. The van der Waals surface area contributed by atoms with Gasteiger partial charge in [0.2, 0.25) is 0 Å². The molecule has 3 aromatic carbocycles. The predicted octanol–water partition coefficient (Wildman–Crippen LogP) is 10.1. The van der Waals surface area contributed by atoms with Gasteiger partial charge in [0.25, 0.3) is 8.32 Å². The molecule has 0 aliphatic rings. The first-order valence-corrected chi connectivity index (χ1v) is 19.8. The van der Waals surface area contributed by atoms with Gasteiger partial charge in [-0.25, -0.2) is 0 Å². The standard InChI is InChI=1S/C42H60O3Si/c1-6-7-8-9-10-15-29-39(45-36(2)43)30-23-22-28-38-27-21-20-26-37(38)25-14-13-24-35-44-46(42(3,4)5,40-31-16-11-17-32-40)41-33-18-12-19-34-41/h11-12,16-21,23,26-27,30-34,39H,6-10,13-15,22,24-25,28-29,35H2,1-5H3/b30-23+. The van der Waals surface area contributed by atoms with E-state index in [2.05, 4.69) is 125 Å². The lowest BCUT2D eigenvalue weighted by molar-refractivity contribution is -0.144. The Labute approximate surface area is 282 Å². The fourth-order valence-electron chi connectivity index (χ4n) is 6.65. The van der Waals surface area contributed by atoms with Crippen molar-refractivity contribution in [3.63, 3.8) is 0 Å². The molecule has 1 atom stereocenters. The summed E-state index contributed by atoms with van der Waals surface area (Å²) in [7, 11) is -2.47. The average molecular weight is 641 g/mol. The highest BCUT2D eigenvalue weighted by Crippen LogP contribution is 2.36. The average Bonchev–Trinajstić information content (AvgIpc) is 3.04. The maximum absolute atomic E-state index is 11.7. The summed E-state index contributed by atoms with van der Waals surface area (Å²) in [5.74, 6) is -0.192. The Morgan fingerprint density at radius 2 is 1.26 bits per heavy atom. The molecule has 250 valence electrons. The monoisotopic (exact) mass is 640 g/mol. The van der Waals surface area contributed by atoms with Gasteiger partial charge in [0.15, 0.2) is 0 Å². The van der Waals surface area contributed by atoms with Crippen LogP contribution in [-0.4, -0.2) is 27.0 Å². The van der Waals surface area contributed by atoms with E-state index in [0.717, 1.165) is 58.0 Å². The van der Waals surface area contributed by atoms with Crippen LogP contribution < -0.4 is 10.4 Å². The van der Waals surface area contributed by atoms with Gasteiger partial charge < -0.3 is 9.16 Å². The van der Waals surface area contributed by atoms with E-state index in [1.165, 1.54) is 60.5 Å². The Morgan fingerprint density at radius 1 is 0.717 bits per heavy atom. The van der Waals surface area contributed by atoms with Gasteiger partial charge in [-0.15, -0.1) is 0 Å². The van der Waals surface area contributed by atoms with Crippen molar-refractivity contribution in [1.29, 1.82) is 0 Å². The number of rotatable bonds is 21. The van der Waals surface area contributed by atoms with Crippen LogP contribution in [0.25, 0.3) is 0 Å². The maximum Gasteiger partial charge on any atom is 0.303 e. The molecule has 46 heavy (non-hydrogen) atoms. The number of unbranched alkanes of at least 4 members (excludes halogenated alkanes) is 7. The minimum absolute atomic E-state index is 0.00947. The minimum atomic E-state index is -2.47. The summed E-state index contributed by atoms with van der Waals surface area (Å²) in [5, 5.41) is 2.70. The molecule has 0 saturated heterocycles. The summed E-state index contributed by atoms with van der Waals surface area (Å²) in [6, 6.07) is 30.7. The zero-order chi connectivity index (χ0) is 33.1. The van der Waals surface area contributed by atoms with Gasteiger partial charge in [-0.2, -0.15) is 0 Å². The zero-order valence-corrected chi connectivity index (χ0v) is 30.4. The number of aryl methyl sites for hydroxylation is 2. The van der Waals surface area contributed by atoms with Crippen LogP contribution in [0, 0.1) is 0 Å². The van der Waals surface area contributed by atoms with E-state index in [-0.39, 0.29) is 17.1 Å². The van der Waals surface area contributed by atoms with Crippen molar-refractivity contribution in [3.05, 3.63) is 108 Å². The summed E-state index contributed by atoms with van der Waals surface area (Å²) in [5.41, 5.74) is 2.88. The van der Waals surface area contributed by atoms with E-state index in [1.807, 2.05) is 0 Å². The van der Waals surface area contributed by atoms with Crippen molar-refractivity contribution in [2.45, 2.75) is 129 Å². The van der Waals surface area contributed by atoms with Gasteiger partial charge >= 0.3 is 5.97 Å². The lowest BCUT2D eigenvalue weighted by atomic mass is 9.98. The zero-order valence-electron chi connectivity index (χ0n) is 29.4. The van der Waals surface area contributed by atoms with Gasteiger partial charge in [-0.05, 0) is 77.6 Å². The molecular weight excluding hydrogens is 581 g/mol. The molecule has 1 unspecified atom stereocenters. The molecule has 0 radical (unpaired) electrons. The Hall–Kier alpha value is -2.95. The smallest absolute Gasteiger partial charge is 0.303 e. The molecule has 0 aliphatic carbocycles. The Balaban J connectivity index is 1.50. The van der Waals surface area contributed by atoms with E-state index in [1.54, 1.807) is 0 Å². The second-order valence-corrected chi connectivity index (χ2v) is 18.1. The minimum Gasteiger partial charge on any atom is -0.458 e. The molecule has 0 bridgehead atoms. The number of hydrogen-bond donors (Lipinski definition) is 0. The highest BCUT2D eigenvalue weighted by Gasteiger charge is 2.49. The first kappa shape index (κ1) is 37.5. The highest BCUT2D eigenvalue weighted by molar-refractivity contribution is 6.99. The Bertz CT molecular complexity index is 1240. The third-order valence-corrected chi connectivity index (χ3v) is 14.1. The highest BCUT2D eigenvalue weighted by atomic mass is 28.4. The molecule has 4 heteroatoms. The third kappa shape index (κ3) is 12.0. The molecule has 0 amide bonds. The normalized spacial score (nSPS) is 12.8. The molecule has 0 aromatic heterocycles. The number of allylic oxidation sites excluding steroid dienone is 1. The molecule has 3 aromatic rings. The SMILES string of the molecule is CCCCCCCCC(/C=C/CCc1ccccc1CCCCCO[Si](c1ccccc1)(c1ccccc1)C(C)(C)C)OC(C)=O. The van der Waals surface area contributed by atoms with Gasteiger partial charge in [-0.3, -0.25) is 4.79 Å². The number of ether oxygens (including phenoxy) is 1. The van der Waals surface area contributed by atoms with Crippen LogP contribution in [-0.2, 0) is 26.8 Å². The van der Waals surface area contributed by atoms with Crippen molar-refractivity contribution in [1.82, 2.24) is 0 Å². The van der Waals surface area contributed by atoms with Crippen LogP contribution in [0.2, 0.25) is 5.04 Å². The summed E-state index contributed by atoms with van der Waals surface area (Å²) in [6.07, 6.45) is 19.0. The molecule has 0 N–H and O–H groups in total. The molecule has 0 saturated carbocycles. The van der Waals surface area contributed by atoms with Crippen LogP contribution in [0.4, 0.5) is 0 Å². The van der Waals surface area contributed by atoms with Gasteiger partial charge in [0.1, 0.15) is 6.10 Å². The van der Waals surface area contributed by atoms with Gasteiger partial charge in [-0.1, -0.05) is 157 Å². The quantitative estimate of drug-likeness (QED) is 0.0503. The largest absolute Gasteiger partial charge is 0.458 e. The van der Waals surface area contributed by atoms with Crippen LogP contribution in [0.1, 0.15) is 116 Å². The first-order chi connectivity index (χ1) is 22.3. The van der Waals surface area contributed by atoms with E-state index in [9.17, 15) is 4.79 Å². The number of carbonyl (C=O) groups excluding carboxylic acids is 1. The van der Waals surface area contributed by atoms with Crippen molar-refractivity contribution in [3.8, 4) is 0 Å². The molecule has 0 fully saturated rings. The van der Waals surface area contributed by atoms with E-state index in [0.29, 0.717) is 0 Å². The Morgan fingerprint density at radius 3 is 1.85 bits per heavy atom. The van der Waals surface area contributed by atoms with Crippen LogP contribution in [0.3, 0.4) is 0 Å². The predicted molar refractivity (Wildman–Crippen MR) is 199 cm³/mol. The summed E-state index contributed by atoms with van der Waals surface area (Å²) >= 11 is 0. The van der Waals surface area contributed by atoms with Crippen molar-refractivity contribution < 1.29 is 14.0 Å². The molecule has 3 rings (SSSR count). The summed E-state index contributed by atoms with van der Waals surface area (Å²) in [6.45, 7) is 11.6. The van der Waals surface area contributed by atoms with Gasteiger partial charge in [0, 0.05) is 13.5 Å². The van der Waals surface area contributed by atoms with Crippen LogP contribution in [0.5, 0.6) is 0 Å². The number of esters is 1. The second-order valence-electron chi connectivity index (χ2n) is 13.8. The fourth-order valence-corrected chi connectivity index (χ4v) is 11.3. The van der Waals surface area contributed by atoms with E-state index in [4.69, 9.17) is 9.16 Å². The van der Waals surface area contributed by atoms with Gasteiger partial charge in [0.05, 0.1) is 0 Å². The fraction of sp³-hybridized carbons (Fsp3) is 0.500. The first-order valence-electron chi connectivity index (χ1n) is 17.9. The maximum atomic E-state index is 11.7. The number of hydrogen-bond acceptors (Lipinski definition) is 3.